The van der Waals surface area contributed by atoms with E-state index in [0.717, 1.165) is 42.2 Å². The number of nitrogens with zero attached hydrogens (tertiary/aromatic N) is 1. The third-order valence-electron chi connectivity index (χ3n) is 6.73. The first-order chi connectivity index (χ1) is 18.1. The second-order valence-corrected chi connectivity index (χ2v) is 9.32. The van der Waals surface area contributed by atoms with Gasteiger partial charge >= 0.3 is 11.7 Å². The number of amides is 1. The normalized spacial score (nSPS) is 32.7. The van der Waals surface area contributed by atoms with Gasteiger partial charge in [0.05, 0.1) is 0 Å². The summed E-state index contributed by atoms with van der Waals surface area (Å²) in [5.74, 6) is -2.41. The van der Waals surface area contributed by atoms with E-state index in [4.69, 9.17) is 29.4 Å². The molecule has 3 aliphatic rings. The highest BCUT2D eigenvalue weighted by atomic mass is 16.7. The molecule has 15 heteroatoms. The minimum absolute atomic E-state index is 0.313. The van der Waals surface area contributed by atoms with Gasteiger partial charge in [-0.05, 0) is 31.8 Å². The first-order valence-corrected chi connectivity index (χ1v) is 12.2. The van der Waals surface area contributed by atoms with Gasteiger partial charge in [0, 0.05) is 19.4 Å². The van der Waals surface area contributed by atoms with Crippen LogP contribution in [0.3, 0.4) is 0 Å². The second kappa shape index (κ2) is 11.8. The summed E-state index contributed by atoms with van der Waals surface area (Å²) in [5, 5.41) is 31.5. The Morgan fingerprint density at radius 2 is 1.87 bits per heavy atom. The van der Waals surface area contributed by atoms with Crippen LogP contribution in [0, 0.1) is 0 Å². The number of aromatic nitrogens is 2. The fourth-order valence-electron chi connectivity index (χ4n) is 4.77. The Hall–Kier alpha value is -3.08. The van der Waals surface area contributed by atoms with Crippen LogP contribution in [-0.2, 0) is 33.3 Å². The van der Waals surface area contributed by atoms with Crippen molar-refractivity contribution in [3.05, 3.63) is 44.9 Å². The summed E-state index contributed by atoms with van der Waals surface area (Å²) in [7, 11) is 1.21. The molecule has 0 radical (unpaired) electrons. The summed E-state index contributed by atoms with van der Waals surface area (Å²) >= 11 is 0. The van der Waals surface area contributed by atoms with Crippen LogP contribution < -0.4 is 17.0 Å². The largest absolute Gasteiger partial charge is 0.457 e. The highest BCUT2D eigenvalue weighted by molar-refractivity contribution is 5.86. The van der Waals surface area contributed by atoms with Crippen LogP contribution >= 0.6 is 0 Å². The second-order valence-electron chi connectivity index (χ2n) is 9.32. The van der Waals surface area contributed by atoms with E-state index < -0.39 is 78.0 Å². The minimum atomic E-state index is -1.77. The number of rotatable bonds is 8. The number of nitrogens with two attached hydrogens (primary N) is 1. The molecule has 8 atom stereocenters. The Morgan fingerprint density at radius 1 is 1.16 bits per heavy atom. The molecule has 15 nitrogen and oxygen atoms in total. The standard InChI is InChI=1S/C23H31N3O12/c1-34-16-15(30)20(26-8-7-13(28)25-23(26)33)37-17(16)18(19(24)31)38-22-14(29)11(27)9-12(36-22)21(32)35-10-5-3-2-4-6-10/h7-11,14-18,20,22,27,29-30H,2-6H2,1H3,(H2,24,31)(H,25,28,33)/t11-,14-,15+,16-,17-,18+,20+,22+/m0/s1. The van der Waals surface area contributed by atoms with Gasteiger partial charge in [0.1, 0.15) is 36.6 Å². The molecule has 1 aromatic rings. The van der Waals surface area contributed by atoms with E-state index in [1.807, 2.05) is 4.98 Å². The average molecular weight is 542 g/mol. The smallest absolute Gasteiger partial charge is 0.373 e. The molecule has 1 saturated heterocycles. The summed E-state index contributed by atoms with van der Waals surface area (Å²) in [6.07, 6.45) is -6.54. The molecule has 3 heterocycles. The molecule has 1 aromatic heterocycles. The fourth-order valence-corrected chi connectivity index (χ4v) is 4.77. The van der Waals surface area contributed by atoms with E-state index in [2.05, 4.69) is 0 Å². The molecule has 0 aromatic carbocycles. The number of H-pyrrole nitrogens is 1. The van der Waals surface area contributed by atoms with Crippen molar-refractivity contribution in [2.45, 2.75) is 87.3 Å². The van der Waals surface area contributed by atoms with Gasteiger partial charge in [-0.25, -0.2) is 9.59 Å². The number of primary amides is 1. The lowest BCUT2D eigenvalue weighted by Gasteiger charge is -2.35. The number of carbonyl (C=O) groups is 2. The minimum Gasteiger partial charge on any atom is -0.457 e. The van der Waals surface area contributed by atoms with Gasteiger partial charge in [0.15, 0.2) is 12.3 Å². The number of esters is 1. The molecular formula is C23H31N3O12. The number of hydrogen-bond donors (Lipinski definition) is 5. The zero-order valence-corrected chi connectivity index (χ0v) is 20.5. The lowest BCUT2D eigenvalue weighted by Crippen LogP contribution is -2.53. The Morgan fingerprint density at radius 3 is 2.50 bits per heavy atom. The maximum absolute atomic E-state index is 12.6. The lowest BCUT2D eigenvalue weighted by atomic mass is 9.98. The van der Waals surface area contributed by atoms with Crippen molar-refractivity contribution in [3.8, 4) is 0 Å². The summed E-state index contributed by atoms with van der Waals surface area (Å²) in [6.45, 7) is 0. The molecule has 6 N–H and O–H groups in total. The number of nitrogens with one attached hydrogen (secondary N) is 1. The Kier molecular flexibility index (Phi) is 8.64. The topological polar surface area (TPSA) is 222 Å². The van der Waals surface area contributed by atoms with E-state index in [0.29, 0.717) is 12.8 Å². The molecule has 1 aliphatic carbocycles. The van der Waals surface area contributed by atoms with E-state index in [1.165, 1.54) is 7.11 Å². The van der Waals surface area contributed by atoms with Crippen LogP contribution in [0.4, 0.5) is 0 Å². The van der Waals surface area contributed by atoms with Gasteiger partial charge in [-0.3, -0.25) is 19.1 Å². The van der Waals surface area contributed by atoms with Crippen molar-refractivity contribution >= 4 is 11.9 Å². The Bertz CT molecular complexity index is 1160. The monoisotopic (exact) mass is 541 g/mol. The van der Waals surface area contributed by atoms with Crippen molar-refractivity contribution in [2.75, 3.05) is 7.11 Å². The molecule has 1 amide bonds. The van der Waals surface area contributed by atoms with Crippen LogP contribution in [-0.4, -0.2) is 92.9 Å². The predicted molar refractivity (Wildman–Crippen MR) is 124 cm³/mol. The van der Waals surface area contributed by atoms with Gasteiger partial charge in [-0.15, -0.1) is 0 Å². The average Bonchev–Trinajstić information content (AvgIpc) is 3.20. The SMILES string of the molecule is CO[C@H]1[C@@H](O)[C@H](n2ccc(=O)[nH]c2=O)O[C@@H]1[C@@H](O[C@H]1OC(C(=O)OC2CCCCC2)=C[C@H](O)[C@@H]1O)C(N)=O. The highest BCUT2D eigenvalue weighted by Crippen LogP contribution is 2.34. The van der Waals surface area contributed by atoms with Gasteiger partial charge < -0.3 is 44.7 Å². The van der Waals surface area contributed by atoms with E-state index in [9.17, 15) is 34.5 Å². The first-order valence-electron chi connectivity index (χ1n) is 12.2. The maximum Gasteiger partial charge on any atom is 0.373 e. The van der Waals surface area contributed by atoms with Crippen LogP contribution in [0.1, 0.15) is 38.3 Å². The summed E-state index contributed by atoms with van der Waals surface area (Å²) in [6, 6.07) is 1.03. The van der Waals surface area contributed by atoms with Crippen LogP contribution in [0.2, 0.25) is 0 Å². The lowest BCUT2D eigenvalue weighted by molar-refractivity contribution is -0.243. The van der Waals surface area contributed by atoms with Crippen LogP contribution in [0.25, 0.3) is 0 Å². The Labute approximate surface area is 215 Å². The van der Waals surface area contributed by atoms with Gasteiger partial charge in [-0.2, -0.15) is 0 Å². The van der Waals surface area contributed by atoms with Crippen molar-refractivity contribution in [1.29, 1.82) is 0 Å². The van der Waals surface area contributed by atoms with E-state index in [1.54, 1.807) is 0 Å². The van der Waals surface area contributed by atoms with Crippen molar-refractivity contribution in [3.63, 3.8) is 0 Å². The molecule has 0 unspecified atom stereocenters. The molecule has 0 spiro atoms. The van der Waals surface area contributed by atoms with Crippen molar-refractivity contribution in [2.24, 2.45) is 5.73 Å². The Balaban J connectivity index is 1.52. The van der Waals surface area contributed by atoms with Crippen molar-refractivity contribution < 1.29 is 48.6 Å². The number of aliphatic hydroxyl groups is 3. The number of ether oxygens (including phenoxy) is 5. The van der Waals surface area contributed by atoms with Crippen molar-refractivity contribution in [1.82, 2.24) is 9.55 Å². The fraction of sp³-hybridized carbons (Fsp3) is 0.652. The van der Waals surface area contributed by atoms with Crippen LogP contribution in [0.5, 0.6) is 0 Å². The summed E-state index contributed by atoms with van der Waals surface area (Å²) in [4.78, 5) is 50.7. The molecule has 38 heavy (non-hydrogen) atoms. The zero-order chi connectivity index (χ0) is 27.6. The number of carbonyl (C=O) groups excluding carboxylic acids is 2. The molecule has 2 aliphatic heterocycles. The van der Waals surface area contributed by atoms with Crippen LogP contribution in [0.15, 0.2) is 33.7 Å². The molecule has 0 bridgehead atoms. The quantitative estimate of drug-likeness (QED) is 0.216. The molecule has 210 valence electrons. The summed E-state index contributed by atoms with van der Waals surface area (Å²) < 4.78 is 28.3. The highest BCUT2D eigenvalue weighted by Gasteiger charge is 2.52. The van der Waals surface area contributed by atoms with Gasteiger partial charge in [0.25, 0.3) is 5.56 Å². The zero-order valence-electron chi connectivity index (χ0n) is 20.5. The number of hydrogen-bond acceptors (Lipinski definition) is 12. The molecule has 2 fully saturated rings. The molecule has 1 saturated carbocycles. The third kappa shape index (κ3) is 5.82. The first kappa shape index (κ1) is 27.9. The number of aliphatic hydroxyl groups excluding tert-OH is 3. The predicted octanol–water partition coefficient (Wildman–Crippen LogP) is -2.48. The molecular weight excluding hydrogens is 510 g/mol. The molecule has 4 rings (SSSR count). The van der Waals surface area contributed by atoms with E-state index >= 15 is 0 Å². The van der Waals surface area contributed by atoms with Gasteiger partial charge in [0.2, 0.25) is 18.0 Å². The number of aromatic amines is 1. The number of methoxy groups -OCH3 is 1. The van der Waals surface area contributed by atoms with E-state index in [-0.39, 0.29) is 6.10 Å². The third-order valence-corrected chi connectivity index (χ3v) is 6.73. The summed E-state index contributed by atoms with van der Waals surface area (Å²) in [5.41, 5.74) is 3.95. The van der Waals surface area contributed by atoms with Gasteiger partial charge in [-0.1, -0.05) is 6.42 Å². The maximum atomic E-state index is 12.6.